The lowest BCUT2D eigenvalue weighted by Crippen LogP contribution is -2.04. The summed E-state index contributed by atoms with van der Waals surface area (Å²) < 4.78 is 0. The van der Waals surface area contributed by atoms with E-state index < -0.39 is 0 Å². The molecule has 0 fully saturated rings. The number of nitrogens with two attached hydrogens (primary N) is 1. The normalized spacial score (nSPS) is 13.0. The molecule has 1 rings (SSSR count). The molecule has 1 aromatic rings. The zero-order valence-electron chi connectivity index (χ0n) is 7.17. The monoisotopic (exact) mass is 201 g/mol. The van der Waals surface area contributed by atoms with Gasteiger partial charge in [-0.2, -0.15) is 0 Å². The Kier molecular flexibility index (Phi) is 3.44. The highest BCUT2D eigenvalue weighted by molar-refractivity contribution is 7.98. The minimum absolute atomic E-state index is 0.0541. The Bertz CT molecular complexity index is 273. The molecule has 0 aliphatic rings. The van der Waals surface area contributed by atoms with Gasteiger partial charge in [0.2, 0.25) is 0 Å². The second-order valence-electron chi connectivity index (χ2n) is 2.68. The van der Waals surface area contributed by atoms with Gasteiger partial charge in [-0.05, 0) is 30.9 Å². The van der Waals surface area contributed by atoms with Crippen molar-refractivity contribution in [2.75, 3.05) is 6.26 Å². The van der Waals surface area contributed by atoms with Gasteiger partial charge in [0.25, 0.3) is 0 Å². The number of halogens is 1. The molecule has 0 heterocycles. The van der Waals surface area contributed by atoms with Gasteiger partial charge in [-0.15, -0.1) is 11.8 Å². The minimum atomic E-state index is 0.0541. The van der Waals surface area contributed by atoms with Gasteiger partial charge in [0, 0.05) is 10.9 Å². The van der Waals surface area contributed by atoms with Crippen molar-refractivity contribution in [2.45, 2.75) is 17.9 Å². The third kappa shape index (κ3) is 2.16. The Morgan fingerprint density at radius 3 is 2.58 bits per heavy atom. The van der Waals surface area contributed by atoms with Gasteiger partial charge in [0.05, 0.1) is 5.02 Å². The molecule has 3 heteroatoms. The first-order chi connectivity index (χ1) is 5.65. The quantitative estimate of drug-likeness (QED) is 0.745. The van der Waals surface area contributed by atoms with Crippen molar-refractivity contribution >= 4 is 23.4 Å². The highest BCUT2D eigenvalue weighted by Crippen LogP contribution is 2.27. The SMILES string of the molecule is CSc1ccc([C@@H](C)N)cc1Cl. The van der Waals surface area contributed by atoms with E-state index in [9.17, 15) is 0 Å². The van der Waals surface area contributed by atoms with Crippen molar-refractivity contribution in [1.29, 1.82) is 0 Å². The van der Waals surface area contributed by atoms with Gasteiger partial charge in [-0.25, -0.2) is 0 Å². The molecule has 0 aromatic heterocycles. The van der Waals surface area contributed by atoms with Crippen molar-refractivity contribution in [1.82, 2.24) is 0 Å². The molecule has 0 aliphatic heterocycles. The minimum Gasteiger partial charge on any atom is -0.324 e. The molecule has 1 atom stereocenters. The highest BCUT2D eigenvalue weighted by atomic mass is 35.5. The lowest BCUT2D eigenvalue weighted by molar-refractivity contribution is 0.817. The van der Waals surface area contributed by atoms with Gasteiger partial charge >= 0.3 is 0 Å². The molecular formula is C9H12ClNS. The van der Waals surface area contributed by atoms with Crippen LogP contribution in [0.2, 0.25) is 5.02 Å². The van der Waals surface area contributed by atoms with E-state index in [1.807, 2.05) is 31.4 Å². The van der Waals surface area contributed by atoms with Crippen LogP contribution in [0.3, 0.4) is 0 Å². The maximum atomic E-state index is 6.00. The van der Waals surface area contributed by atoms with Crippen LogP contribution in [0.1, 0.15) is 18.5 Å². The molecule has 0 radical (unpaired) electrons. The fourth-order valence-corrected chi connectivity index (χ4v) is 1.84. The molecular weight excluding hydrogens is 190 g/mol. The van der Waals surface area contributed by atoms with Crippen LogP contribution in [0.15, 0.2) is 23.1 Å². The van der Waals surface area contributed by atoms with Crippen LogP contribution in [0.25, 0.3) is 0 Å². The van der Waals surface area contributed by atoms with Crippen LogP contribution < -0.4 is 5.73 Å². The van der Waals surface area contributed by atoms with E-state index in [2.05, 4.69) is 0 Å². The average molecular weight is 202 g/mol. The van der Waals surface area contributed by atoms with Gasteiger partial charge in [-0.3, -0.25) is 0 Å². The van der Waals surface area contributed by atoms with Crippen molar-refractivity contribution < 1.29 is 0 Å². The molecule has 1 nitrogen and oxygen atoms in total. The molecule has 0 saturated heterocycles. The van der Waals surface area contributed by atoms with Crippen LogP contribution in [0.5, 0.6) is 0 Å². The van der Waals surface area contributed by atoms with Crippen LogP contribution in [-0.4, -0.2) is 6.26 Å². The Balaban J connectivity index is 3.02. The van der Waals surface area contributed by atoms with E-state index in [0.29, 0.717) is 0 Å². The maximum absolute atomic E-state index is 6.00. The van der Waals surface area contributed by atoms with E-state index in [0.717, 1.165) is 15.5 Å². The first-order valence-corrected chi connectivity index (χ1v) is 5.34. The first-order valence-electron chi connectivity index (χ1n) is 3.74. The number of hydrogen-bond donors (Lipinski definition) is 1. The highest BCUT2D eigenvalue weighted by Gasteiger charge is 2.03. The molecule has 0 spiro atoms. The smallest absolute Gasteiger partial charge is 0.0545 e. The second-order valence-corrected chi connectivity index (χ2v) is 3.94. The fraction of sp³-hybridized carbons (Fsp3) is 0.333. The van der Waals surface area contributed by atoms with Gasteiger partial charge in [0.15, 0.2) is 0 Å². The molecule has 0 bridgehead atoms. The summed E-state index contributed by atoms with van der Waals surface area (Å²) >= 11 is 7.64. The average Bonchev–Trinajstić information content (AvgIpc) is 2.04. The van der Waals surface area contributed by atoms with E-state index in [1.165, 1.54) is 0 Å². The number of benzene rings is 1. The van der Waals surface area contributed by atoms with Crippen molar-refractivity contribution in [3.8, 4) is 0 Å². The summed E-state index contributed by atoms with van der Waals surface area (Å²) in [6.45, 7) is 1.95. The van der Waals surface area contributed by atoms with E-state index in [-0.39, 0.29) is 6.04 Å². The fourth-order valence-electron chi connectivity index (χ4n) is 0.966. The van der Waals surface area contributed by atoms with Gasteiger partial charge < -0.3 is 5.73 Å². The van der Waals surface area contributed by atoms with Gasteiger partial charge in [0.1, 0.15) is 0 Å². The van der Waals surface area contributed by atoms with Crippen molar-refractivity contribution in [3.63, 3.8) is 0 Å². The molecule has 0 unspecified atom stereocenters. The van der Waals surface area contributed by atoms with Crippen LogP contribution in [0.4, 0.5) is 0 Å². The van der Waals surface area contributed by atoms with E-state index in [4.69, 9.17) is 17.3 Å². The largest absolute Gasteiger partial charge is 0.324 e. The standard InChI is InChI=1S/C9H12ClNS/c1-6(11)7-3-4-9(12-2)8(10)5-7/h3-6H,11H2,1-2H3/t6-/m1/s1. The topological polar surface area (TPSA) is 26.0 Å². The second kappa shape index (κ2) is 4.17. The molecule has 0 aliphatic carbocycles. The Labute approximate surface area is 82.3 Å². The van der Waals surface area contributed by atoms with E-state index in [1.54, 1.807) is 11.8 Å². The lowest BCUT2D eigenvalue weighted by atomic mass is 10.1. The van der Waals surface area contributed by atoms with Crippen LogP contribution in [0, 0.1) is 0 Å². The van der Waals surface area contributed by atoms with Crippen molar-refractivity contribution in [3.05, 3.63) is 28.8 Å². The summed E-state index contributed by atoms with van der Waals surface area (Å²) in [7, 11) is 0. The van der Waals surface area contributed by atoms with Crippen LogP contribution in [-0.2, 0) is 0 Å². The summed E-state index contributed by atoms with van der Waals surface area (Å²) in [6, 6.07) is 6.00. The molecule has 0 amide bonds. The molecule has 1 aromatic carbocycles. The molecule has 2 N–H and O–H groups in total. The summed E-state index contributed by atoms with van der Waals surface area (Å²) in [4.78, 5) is 1.10. The number of rotatable bonds is 2. The maximum Gasteiger partial charge on any atom is 0.0545 e. The van der Waals surface area contributed by atoms with E-state index >= 15 is 0 Å². The lowest BCUT2D eigenvalue weighted by Gasteiger charge is -2.07. The predicted octanol–water partition coefficient (Wildman–Crippen LogP) is 3.08. The zero-order valence-corrected chi connectivity index (χ0v) is 8.75. The predicted molar refractivity (Wildman–Crippen MR) is 55.8 cm³/mol. The number of thioether (sulfide) groups is 1. The molecule has 0 saturated carbocycles. The van der Waals surface area contributed by atoms with Crippen LogP contribution >= 0.6 is 23.4 Å². The molecule has 12 heavy (non-hydrogen) atoms. The summed E-state index contributed by atoms with van der Waals surface area (Å²) in [5.41, 5.74) is 6.79. The molecule has 66 valence electrons. The summed E-state index contributed by atoms with van der Waals surface area (Å²) in [5.74, 6) is 0. The third-order valence-electron chi connectivity index (χ3n) is 1.70. The first kappa shape index (κ1) is 9.90. The number of hydrogen-bond acceptors (Lipinski definition) is 2. The zero-order chi connectivity index (χ0) is 9.14. The Hall–Kier alpha value is -0.180. The Morgan fingerprint density at radius 1 is 1.50 bits per heavy atom. The third-order valence-corrected chi connectivity index (χ3v) is 2.92. The van der Waals surface area contributed by atoms with Gasteiger partial charge in [-0.1, -0.05) is 17.7 Å². The van der Waals surface area contributed by atoms with Crippen molar-refractivity contribution in [2.24, 2.45) is 5.73 Å². The Morgan fingerprint density at radius 2 is 2.17 bits per heavy atom. The summed E-state index contributed by atoms with van der Waals surface area (Å²) in [5, 5.41) is 0.789. The summed E-state index contributed by atoms with van der Waals surface area (Å²) in [6.07, 6.45) is 2.01.